The number of carbonyl (C=O) groups is 1. The van der Waals surface area contributed by atoms with E-state index in [1.165, 1.54) is 0 Å². The third kappa shape index (κ3) is 3.89. The van der Waals surface area contributed by atoms with Crippen LogP contribution in [0.2, 0.25) is 5.02 Å². The number of benzene rings is 2. The summed E-state index contributed by atoms with van der Waals surface area (Å²) >= 11 is 6.36. The van der Waals surface area contributed by atoms with Crippen molar-refractivity contribution in [3.63, 3.8) is 0 Å². The maximum Gasteiger partial charge on any atom is 0.227 e. The van der Waals surface area contributed by atoms with Gasteiger partial charge in [-0.15, -0.1) is 0 Å². The van der Waals surface area contributed by atoms with Crippen molar-refractivity contribution in [2.45, 2.75) is 19.4 Å². The number of carbonyl (C=O) groups excluding carboxylic acids is 1. The number of fused-ring (bicyclic) bond motifs is 1. The first kappa shape index (κ1) is 18.9. The normalized spacial score (nSPS) is 16.3. The van der Waals surface area contributed by atoms with Crippen LogP contribution < -0.4 is 0 Å². The predicted octanol–water partition coefficient (Wildman–Crippen LogP) is 4.34. The number of amides is 1. The Kier molecular flexibility index (Phi) is 5.60. The average Bonchev–Trinajstić information content (AvgIpc) is 2.74. The van der Waals surface area contributed by atoms with Crippen molar-refractivity contribution >= 4 is 28.4 Å². The Labute approximate surface area is 170 Å². The lowest BCUT2D eigenvalue weighted by molar-refractivity contribution is -0.132. The maximum atomic E-state index is 12.9. The van der Waals surface area contributed by atoms with Crippen LogP contribution in [0.4, 0.5) is 0 Å². The van der Waals surface area contributed by atoms with Crippen LogP contribution in [0, 0.1) is 0 Å². The van der Waals surface area contributed by atoms with E-state index in [9.17, 15) is 4.79 Å². The quantitative estimate of drug-likeness (QED) is 0.661. The molecule has 0 N–H and O–H groups in total. The number of aromatic nitrogens is 1. The summed E-state index contributed by atoms with van der Waals surface area (Å²) in [6.07, 6.45) is 2.18. The molecule has 1 atom stereocenters. The number of pyridine rings is 1. The summed E-state index contributed by atoms with van der Waals surface area (Å²) in [7, 11) is 0. The van der Waals surface area contributed by atoms with Gasteiger partial charge < -0.3 is 4.90 Å². The highest BCUT2D eigenvalue weighted by Gasteiger charge is 2.25. The van der Waals surface area contributed by atoms with Crippen LogP contribution in [0.3, 0.4) is 0 Å². The Morgan fingerprint density at radius 3 is 2.57 bits per heavy atom. The number of piperazine rings is 1. The summed E-state index contributed by atoms with van der Waals surface area (Å²) in [6.45, 7) is 5.37. The largest absolute Gasteiger partial charge is 0.340 e. The second-order valence-corrected chi connectivity index (χ2v) is 7.69. The summed E-state index contributed by atoms with van der Waals surface area (Å²) in [5.41, 5.74) is 3.06. The summed E-state index contributed by atoms with van der Waals surface area (Å²) in [5, 5.41) is 1.88. The van der Waals surface area contributed by atoms with Crippen LogP contribution in [0.1, 0.15) is 24.1 Å². The van der Waals surface area contributed by atoms with E-state index in [1.54, 1.807) is 6.20 Å². The van der Waals surface area contributed by atoms with E-state index in [1.807, 2.05) is 53.4 Å². The molecule has 0 spiro atoms. The molecule has 1 aromatic heterocycles. The molecule has 0 saturated carbocycles. The van der Waals surface area contributed by atoms with Crippen LogP contribution in [0.5, 0.6) is 0 Å². The summed E-state index contributed by atoms with van der Waals surface area (Å²) < 4.78 is 0. The van der Waals surface area contributed by atoms with E-state index < -0.39 is 0 Å². The molecular weight excluding hydrogens is 370 g/mol. The molecule has 4 nitrogen and oxygen atoms in total. The number of para-hydroxylation sites is 1. The zero-order chi connectivity index (χ0) is 19.5. The van der Waals surface area contributed by atoms with Crippen molar-refractivity contribution < 1.29 is 4.79 Å². The van der Waals surface area contributed by atoms with Gasteiger partial charge in [0.25, 0.3) is 0 Å². The molecule has 2 heterocycles. The van der Waals surface area contributed by atoms with Gasteiger partial charge in [0.1, 0.15) is 0 Å². The fourth-order valence-electron chi connectivity index (χ4n) is 3.95. The second-order valence-electron chi connectivity index (χ2n) is 7.28. The molecular formula is C23H24ClN3O. The highest BCUT2D eigenvalue weighted by molar-refractivity contribution is 6.31. The molecule has 0 radical (unpaired) electrons. The minimum Gasteiger partial charge on any atom is -0.340 e. The number of halogens is 1. The summed E-state index contributed by atoms with van der Waals surface area (Å²) in [4.78, 5) is 21.7. The number of nitrogens with zero attached hydrogens (tertiary/aromatic N) is 3. The standard InChI is InChI=1S/C23H24ClN3O/c1-17(20-9-2-3-10-21(20)24)26-12-14-27(15-13-26)22(28)16-19-7-4-6-18-8-5-11-25-23(18)19/h2-11,17H,12-16H2,1H3. The zero-order valence-corrected chi connectivity index (χ0v) is 16.8. The van der Waals surface area contributed by atoms with Crippen molar-refractivity contribution in [1.29, 1.82) is 0 Å². The molecule has 1 aliphatic rings. The minimum absolute atomic E-state index is 0.170. The molecule has 0 bridgehead atoms. The third-order valence-electron chi connectivity index (χ3n) is 5.63. The Morgan fingerprint density at radius 1 is 1.04 bits per heavy atom. The van der Waals surface area contributed by atoms with Gasteiger partial charge in [0.05, 0.1) is 11.9 Å². The van der Waals surface area contributed by atoms with Gasteiger partial charge in [0.2, 0.25) is 5.91 Å². The molecule has 1 aliphatic heterocycles. The van der Waals surface area contributed by atoms with E-state index in [0.717, 1.165) is 53.2 Å². The van der Waals surface area contributed by atoms with E-state index in [-0.39, 0.29) is 11.9 Å². The molecule has 1 amide bonds. The summed E-state index contributed by atoms with van der Waals surface area (Å²) in [6, 6.07) is 18.2. The van der Waals surface area contributed by atoms with Gasteiger partial charge in [-0.25, -0.2) is 0 Å². The Morgan fingerprint density at radius 2 is 1.79 bits per heavy atom. The molecule has 2 aromatic carbocycles. The third-order valence-corrected chi connectivity index (χ3v) is 5.97. The molecule has 4 rings (SSSR count). The predicted molar refractivity (Wildman–Crippen MR) is 113 cm³/mol. The first-order valence-corrected chi connectivity index (χ1v) is 10.1. The van der Waals surface area contributed by atoms with Gasteiger partial charge in [-0.2, -0.15) is 0 Å². The molecule has 0 aliphatic carbocycles. The van der Waals surface area contributed by atoms with E-state index in [2.05, 4.69) is 22.9 Å². The number of hydrogen-bond acceptors (Lipinski definition) is 3. The van der Waals surface area contributed by atoms with E-state index >= 15 is 0 Å². The van der Waals surface area contributed by atoms with Crippen LogP contribution in [0.25, 0.3) is 10.9 Å². The SMILES string of the molecule is CC(c1ccccc1Cl)N1CCN(C(=O)Cc2cccc3cccnc23)CC1. The molecule has 1 fully saturated rings. The zero-order valence-electron chi connectivity index (χ0n) is 16.0. The molecule has 5 heteroatoms. The van der Waals surface area contributed by atoms with Gasteiger partial charge in [0, 0.05) is 48.8 Å². The second kappa shape index (κ2) is 8.29. The Balaban J connectivity index is 1.39. The topological polar surface area (TPSA) is 36.4 Å². The molecule has 3 aromatic rings. The van der Waals surface area contributed by atoms with E-state index in [4.69, 9.17) is 11.6 Å². The number of hydrogen-bond donors (Lipinski definition) is 0. The number of rotatable bonds is 4. The minimum atomic E-state index is 0.170. The lowest BCUT2D eigenvalue weighted by Crippen LogP contribution is -2.49. The van der Waals surface area contributed by atoms with Gasteiger partial charge in [-0.05, 0) is 30.2 Å². The Hall–Kier alpha value is -2.43. The van der Waals surface area contributed by atoms with Crippen molar-refractivity contribution in [2.24, 2.45) is 0 Å². The molecule has 1 saturated heterocycles. The highest BCUT2D eigenvalue weighted by atomic mass is 35.5. The molecule has 144 valence electrons. The molecule has 1 unspecified atom stereocenters. The van der Waals surface area contributed by atoms with E-state index in [0.29, 0.717) is 6.42 Å². The average molecular weight is 394 g/mol. The maximum absolute atomic E-state index is 12.9. The van der Waals surface area contributed by atoms with Crippen molar-refractivity contribution in [3.05, 3.63) is 76.9 Å². The van der Waals surface area contributed by atoms with Crippen LogP contribution in [-0.4, -0.2) is 46.9 Å². The first-order chi connectivity index (χ1) is 13.6. The first-order valence-electron chi connectivity index (χ1n) is 9.72. The highest BCUT2D eigenvalue weighted by Crippen LogP contribution is 2.28. The lowest BCUT2D eigenvalue weighted by Gasteiger charge is -2.38. The van der Waals surface area contributed by atoms with Crippen LogP contribution in [-0.2, 0) is 11.2 Å². The van der Waals surface area contributed by atoms with Crippen LogP contribution >= 0.6 is 11.6 Å². The smallest absolute Gasteiger partial charge is 0.227 e. The van der Waals surface area contributed by atoms with Crippen molar-refractivity contribution in [1.82, 2.24) is 14.8 Å². The fraction of sp³-hybridized carbons (Fsp3) is 0.304. The lowest BCUT2D eigenvalue weighted by atomic mass is 10.0. The molecule has 28 heavy (non-hydrogen) atoms. The Bertz CT molecular complexity index is 977. The van der Waals surface area contributed by atoms with Gasteiger partial charge >= 0.3 is 0 Å². The van der Waals surface area contributed by atoms with Crippen molar-refractivity contribution in [2.75, 3.05) is 26.2 Å². The van der Waals surface area contributed by atoms with Gasteiger partial charge in [-0.1, -0.05) is 54.1 Å². The van der Waals surface area contributed by atoms with Crippen molar-refractivity contribution in [3.8, 4) is 0 Å². The summed E-state index contributed by atoms with van der Waals surface area (Å²) in [5.74, 6) is 0.170. The van der Waals surface area contributed by atoms with Gasteiger partial charge in [0.15, 0.2) is 0 Å². The fourth-order valence-corrected chi connectivity index (χ4v) is 4.25. The van der Waals surface area contributed by atoms with Gasteiger partial charge in [-0.3, -0.25) is 14.7 Å². The van der Waals surface area contributed by atoms with Crippen LogP contribution in [0.15, 0.2) is 60.8 Å². The monoisotopic (exact) mass is 393 g/mol.